The van der Waals surface area contributed by atoms with Gasteiger partial charge in [-0.2, -0.15) is 0 Å². The number of nitrogens with two attached hydrogens (primary N) is 1. The van der Waals surface area contributed by atoms with Crippen molar-refractivity contribution in [2.24, 2.45) is 11.1 Å². The van der Waals surface area contributed by atoms with Crippen molar-refractivity contribution in [3.05, 3.63) is 36.3 Å². The number of aromatic nitrogens is 2. The number of fused-ring (bicyclic) bond motifs is 1. The second-order valence-corrected chi connectivity index (χ2v) is 4.56. The van der Waals surface area contributed by atoms with Crippen molar-refractivity contribution in [1.82, 2.24) is 9.38 Å². The van der Waals surface area contributed by atoms with E-state index >= 15 is 0 Å². The third-order valence-corrected chi connectivity index (χ3v) is 3.44. The average molecular weight is 201 g/mol. The summed E-state index contributed by atoms with van der Waals surface area (Å²) in [6.45, 7) is 0.799. The lowest BCUT2D eigenvalue weighted by molar-refractivity contribution is 0.512. The Kier molecular flexibility index (Phi) is 1.83. The Labute approximate surface area is 88.9 Å². The number of hydrogen-bond acceptors (Lipinski definition) is 2. The maximum absolute atomic E-state index is 5.80. The van der Waals surface area contributed by atoms with E-state index in [0.717, 1.165) is 18.6 Å². The molecule has 1 saturated carbocycles. The van der Waals surface area contributed by atoms with Gasteiger partial charge in [-0.05, 0) is 43.4 Å². The summed E-state index contributed by atoms with van der Waals surface area (Å²) in [6, 6.07) is 6.09. The van der Waals surface area contributed by atoms with Crippen molar-refractivity contribution in [2.75, 3.05) is 6.54 Å². The Balaban J connectivity index is 1.98. The third kappa shape index (κ3) is 1.43. The number of hydrogen-bond donors (Lipinski definition) is 1. The van der Waals surface area contributed by atoms with Crippen LogP contribution in [0.1, 0.15) is 18.5 Å². The predicted molar refractivity (Wildman–Crippen MR) is 59.6 cm³/mol. The summed E-state index contributed by atoms with van der Waals surface area (Å²) >= 11 is 0. The van der Waals surface area contributed by atoms with Gasteiger partial charge in [-0.3, -0.25) is 0 Å². The summed E-state index contributed by atoms with van der Waals surface area (Å²) in [5.41, 5.74) is 8.49. The van der Waals surface area contributed by atoms with Crippen molar-refractivity contribution < 1.29 is 0 Å². The first-order chi connectivity index (χ1) is 7.33. The Morgan fingerprint density at radius 2 is 2.27 bits per heavy atom. The van der Waals surface area contributed by atoms with Crippen LogP contribution < -0.4 is 5.73 Å². The highest BCUT2D eigenvalue weighted by atomic mass is 15.0. The van der Waals surface area contributed by atoms with E-state index in [1.807, 2.05) is 24.4 Å². The first kappa shape index (κ1) is 8.92. The summed E-state index contributed by atoms with van der Waals surface area (Å²) in [7, 11) is 0. The van der Waals surface area contributed by atoms with E-state index in [9.17, 15) is 0 Å². The molecule has 0 bridgehead atoms. The molecule has 2 heterocycles. The molecule has 78 valence electrons. The van der Waals surface area contributed by atoms with Gasteiger partial charge in [0, 0.05) is 18.1 Å². The molecule has 2 N–H and O–H groups in total. The van der Waals surface area contributed by atoms with Gasteiger partial charge in [-0.25, -0.2) is 4.98 Å². The molecule has 0 aromatic carbocycles. The van der Waals surface area contributed by atoms with Crippen molar-refractivity contribution in [3.8, 4) is 0 Å². The molecular weight excluding hydrogens is 186 g/mol. The Morgan fingerprint density at radius 1 is 1.40 bits per heavy atom. The minimum absolute atomic E-state index is 0.381. The van der Waals surface area contributed by atoms with Crippen LogP contribution in [-0.4, -0.2) is 15.9 Å². The van der Waals surface area contributed by atoms with Crippen molar-refractivity contribution in [3.63, 3.8) is 0 Å². The topological polar surface area (TPSA) is 43.3 Å². The van der Waals surface area contributed by atoms with E-state index in [4.69, 9.17) is 5.73 Å². The molecule has 1 aliphatic carbocycles. The summed E-state index contributed by atoms with van der Waals surface area (Å²) in [6.07, 6.45) is 7.65. The van der Waals surface area contributed by atoms with Gasteiger partial charge in [-0.15, -0.1) is 0 Å². The zero-order chi connectivity index (χ0) is 10.3. The fourth-order valence-corrected chi connectivity index (χ4v) is 2.13. The molecule has 2 aromatic heterocycles. The molecule has 0 radical (unpaired) electrons. The van der Waals surface area contributed by atoms with Gasteiger partial charge < -0.3 is 10.1 Å². The van der Waals surface area contributed by atoms with E-state index in [1.54, 1.807) is 0 Å². The molecule has 0 aliphatic heterocycles. The van der Waals surface area contributed by atoms with E-state index in [2.05, 4.69) is 15.6 Å². The maximum Gasteiger partial charge on any atom is 0.136 e. The number of pyridine rings is 1. The van der Waals surface area contributed by atoms with E-state index in [1.165, 1.54) is 18.5 Å². The van der Waals surface area contributed by atoms with Crippen LogP contribution in [0, 0.1) is 5.41 Å². The van der Waals surface area contributed by atoms with Gasteiger partial charge in [-0.1, -0.05) is 6.07 Å². The van der Waals surface area contributed by atoms with Crippen LogP contribution in [0.5, 0.6) is 0 Å². The van der Waals surface area contributed by atoms with E-state index in [0.29, 0.717) is 5.41 Å². The molecule has 0 spiro atoms. The number of nitrogens with zero attached hydrogens (tertiary/aromatic N) is 2. The highest BCUT2D eigenvalue weighted by Gasteiger charge is 2.41. The van der Waals surface area contributed by atoms with Gasteiger partial charge in [0.25, 0.3) is 0 Å². The lowest BCUT2D eigenvalue weighted by atomic mass is 10.0. The van der Waals surface area contributed by atoms with Crippen LogP contribution >= 0.6 is 0 Å². The molecule has 2 aromatic rings. The lowest BCUT2D eigenvalue weighted by Gasteiger charge is -2.11. The molecular formula is C12H15N3. The second-order valence-electron chi connectivity index (χ2n) is 4.56. The first-order valence-electron chi connectivity index (χ1n) is 5.44. The predicted octanol–water partition coefficient (Wildman–Crippen LogP) is 1.62. The van der Waals surface area contributed by atoms with Crippen LogP contribution in [0.25, 0.3) is 5.65 Å². The van der Waals surface area contributed by atoms with Crippen LogP contribution in [0.4, 0.5) is 0 Å². The zero-order valence-corrected chi connectivity index (χ0v) is 8.69. The van der Waals surface area contributed by atoms with Gasteiger partial charge in [0.1, 0.15) is 5.65 Å². The van der Waals surface area contributed by atoms with Crippen molar-refractivity contribution >= 4 is 5.65 Å². The third-order valence-electron chi connectivity index (χ3n) is 3.44. The first-order valence-corrected chi connectivity index (χ1v) is 5.44. The Bertz CT molecular complexity index is 482. The summed E-state index contributed by atoms with van der Waals surface area (Å²) in [5, 5.41) is 0. The molecule has 0 amide bonds. The van der Waals surface area contributed by atoms with Crippen molar-refractivity contribution in [2.45, 2.75) is 19.3 Å². The van der Waals surface area contributed by atoms with Gasteiger partial charge in [0.15, 0.2) is 0 Å². The molecule has 3 rings (SSSR count). The SMILES string of the molecule is NCC1(Cc2cnc3ccccn23)CC1. The van der Waals surface area contributed by atoms with Crippen LogP contribution in [0.2, 0.25) is 0 Å². The minimum Gasteiger partial charge on any atom is -0.330 e. The fourth-order valence-electron chi connectivity index (χ4n) is 2.13. The number of imidazole rings is 1. The highest BCUT2D eigenvalue weighted by Crippen LogP contribution is 2.47. The summed E-state index contributed by atoms with van der Waals surface area (Å²) < 4.78 is 2.16. The monoisotopic (exact) mass is 201 g/mol. The molecule has 1 aliphatic rings. The van der Waals surface area contributed by atoms with E-state index < -0.39 is 0 Å². The molecule has 3 nitrogen and oxygen atoms in total. The molecule has 0 saturated heterocycles. The van der Waals surface area contributed by atoms with Crippen LogP contribution in [0.15, 0.2) is 30.6 Å². The minimum atomic E-state index is 0.381. The molecule has 3 heteroatoms. The van der Waals surface area contributed by atoms with Crippen LogP contribution in [-0.2, 0) is 6.42 Å². The second kappa shape index (κ2) is 3.07. The molecule has 15 heavy (non-hydrogen) atoms. The maximum atomic E-state index is 5.80. The van der Waals surface area contributed by atoms with E-state index in [-0.39, 0.29) is 0 Å². The number of rotatable bonds is 3. The van der Waals surface area contributed by atoms with Gasteiger partial charge in [0.05, 0.1) is 0 Å². The average Bonchev–Trinajstić information content (AvgIpc) is 2.95. The highest BCUT2D eigenvalue weighted by molar-refractivity contribution is 5.40. The Hall–Kier alpha value is -1.35. The van der Waals surface area contributed by atoms with Gasteiger partial charge >= 0.3 is 0 Å². The standard InChI is InChI=1S/C12H15N3/c13-9-12(4-5-12)7-10-8-14-11-3-1-2-6-15(10)11/h1-3,6,8H,4-5,7,9,13H2. The quantitative estimate of drug-likeness (QED) is 0.820. The van der Waals surface area contributed by atoms with Gasteiger partial charge in [0.2, 0.25) is 0 Å². The smallest absolute Gasteiger partial charge is 0.136 e. The molecule has 0 unspecified atom stereocenters. The lowest BCUT2D eigenvalue weighted by Crippen LogP contribution is -2.18. The fraction of sp³-hybridized carbons (Fsp3) is 0.417. The Morgan fingerprint density at radius 3 is 3.00 bits per heavy atom. The molecule has 0 atom stereocenters. The van der Waals surface area contributed by atoms with Crippen LogP contribution in [0.3, 0.4) is 0 Å². The normalized spacial score (nSPS) is 18.2. The molecule has 1 fully saturated rings. The largest absolute Gasteiger partial charge is 0.330 e. The summed E-state index contributed by atoms with van der Waals surface area (Å²) in [4.78, 5) is 4.39. The summed E-state index contributed by atoms with van der Waals surface area (Å²) in [5.74, 6) is 0. The van der Waals surface area contributed by atoms with Crippen molar-refractivity contribution in [1.29, 1.82) is 0 Å². The zero-order valence-electron chi connectivity index (χ0n) is 8.69.